The summed E-state index contributed by atoms with van der Waals surface area (Å²) in [6.45, 7) is 0. The number of hydrogen-bond acceptors (Lipinski definition) is 6. The van der Waals surface area contributed by atoms with E-state index in [2.05, 4.69) is 10.6 Å². The normalized spacial score (nSPS) is 18.3. The van der Waals surface area contributed by atoms with Crippen LogP contribution in [0.4, 0.5) is 10.5 Å². The van der Waals surface area contributed by atoms with Gasteiger partial charge in [-0.25, -0.2) is 13.2 Å². The van der Waals surface area contributed by atoms with Gasteiger partial charge in [0.15, 0.2) is 21.3 Å². The number of methoxy groups -OCH3 is 3. The van der Waals surface area contributed by atoms with Gasteiger partial charge >= 0.3 is 6.03 Å². The molecule has 0 fully saturated rings. The Balaban J connectivity index is 2.10. The third-order valence-electron chi connectivity index (χ3n) is 3.17. The van der Waals surface area contributed by atoms with Crippen molar-refractivity contribution in [3.05, 3.63) is 23.6 Å². The van der Waals surface area contributed by atoms with Crippen LogP contribution >= 0.6 is 0 Å². The fourth-order valence-electron chi connectivity index (χ4n) is 2.15. The lowest BCUT2D eigenvalue weighted by atomic mass is 10.2. The molecule has 8 nitrogen and oxygen atoms in total. The van der Waals surface area contributed by atoms with Crippen molar-refractivity contribution >= 4 is 21.6 Å². The number of ether oxygens (including phenoxy) is 3. The van der Waals surface area contributed by atoms with Gasteiger partial charge in [0.2, 0.25) is 5.75 Å². The van der Waals surface area contributed by atoms with Crippen molar-refractivity contribution in [3.8, 4) is 17.2 Å². The first-order valence-electron chi connectivity index (χ1n) is 6.67. The zero-order valence-electron chi connectivity index (χ0n) is 13.0. The van der Waals surface area contributed by atoms with Crippen LogP contribution in [0.25, 0.3) is 0 Å². The smallest absolute Gasteiger partial charge is 0.319 e. The van der Waals surface area contributed by atoms with Gasteiger partial charge in [-0.2, -0.15) is 0 Å². The molecule has 23 heavy (non-hydrogen) atoms. The zero-order chi connectivity index (χ0) is 17.0. The highest BCUT2D eigenvalue weighted by atomic mass is 32.2. The van der Waals surface area contributed by atoms with E-state index in [0.29, 0.717) is 22.9 Å². The van der Waals surface area contributed by atoms with Crippen LogP contribution in [-0.4, -0.2) is 47.6 Å². The Morgan fingerprint density at radius 1 is 1.13 bits per heavy atom. The number of benzene rings is 1. The van der Waals surface area contributed by atoms with Gasteiger partial charge in [-0.1, -0.05) is 0 Å². The summed E-state index contributed by atoms with van der Waals surface area (Å²) in [6, 6.07) is 2.05. The predicted molar refractivity (Wildman–Crippen MR) is 85.0 cm³/mol. The van der Waals surface area contributed by atoms with Gasteiger partial charge in [-0.3, -0.25) is 0 Å². The second-order valence-corrected chi connectivity index (χ2v) is 6.71. The summed E-state index contributed by atoms with van der Waals surface area (Å²) in [5.74, 6) is 1.05. The van der Waals surface area contributed by atoms with Crippen molar-refractivity contribution in [2.75, 3.05) is 32.4 Å². The molecule has 1 heterocycles. The van der Waals surface area contributed by atoms with Gasteiger partial charge in [0.25, 0.3) is 0 Å². The van der Waals surface area contributed by atoms with E-state index < -0.39 is 21.9 Å². The molecule has 126 valence electrons. The standard InChI is InChI=1S/C14H18N2O6S/c1-20-11-6-10(7-12(21-2)13(11)22-3)16-14(17)15-9-4-5-23(18,19)8-9/h4-7,9H,8H2,1-3H3,(H2,15,16,17). The molecular formula is C14H18N2O6S. The van der Waals surface area contributed by atoms with Gasteiger partial charge < -0.3 is 24.8 Å². The Bertz CT molecular complexity index is 704. The van der Waals surface area contributed by atoms with Gasteiger partial charge in [-0.05, 0) is 6.08 Å². The fraction of sp³-hybridized carbons (Fsp3) is 0.357. The minimum Gasteiger partial charge on any atom is -0.493 e. The average Bonchev–Trinajstić information content (AvgIpc) is 2.84. The largest absolute Gasteiger partial charge is 0.493 e. The lowest BCUT2D eigenvalue weighted by molar-refractivity contribution is 0.251. The summed E-state index contributed by atoms with van der Waals surface area (Å²) in [6.07, 6.45) is 1.43. The SMILES string of the molecule is COc1cc(NC(=O)NC2C=CS(=O)(=O)C2)cc(OC)c1OC. The molecule has 9 heteroatoms. The molecule has 2 N–H and O–H groups in total. The van der Waals surface area contributed by atoms with Gasteiger partial charge in [-0.15, -0.1) is 0 Å². The molecule has 1 aliphatic rings. The number of anilines is 1. The molecular weight excluding hydrogens is 324 g/mol. The van der Waals surface area contributed by atoms with Crippen LogP contribution in [0.3, 0.4) is 0 Å². The third kappa shape index (κ3) is 4.07. The highest BCUT2D eigenvalue weighted by molar-refractivity contribution is 7.94. The Hall–Kier alpha value is -2.42. The van der Waals surface area contributed by atoms with Crippen LogP contribution in [-0.2, 0) is 9.84 Å². The molecule has 0 aromatic heterocycles. The number of nitrogens with one attached hydrogen (secondary N) is 2. The summed E-state index contributed by atoms with van der Waals surface area (Å²) in [4.78, 5) is 12.0. The average molecular weight is 342 g/mol. The second-order valence-electron chi connectivity index (χ2n) is 4.78. The first-order valence-corrected chi connectivity index (χ1v) is 8.38. The number of amides is 2. The monoisotopic (exact) mass is 342 g/mol. The fourth-order valence-corrected chi connectivity index (χ4v) is 3.39. The van der Waals surface area contributed by atoms with Crippen molar-refractivity contribution < 1.29 is 27.4 Å². The van der Waals surface area contributed by atoms with Crippen LogP contribution < -0.4 is 24.8 Å². The summed E-state index contributed by atoms with van der Waals surface area (Å²) in [5.41, 5.74) is 0.418. The molecule has 0 saturated carbocycles. The van der Waals surface area contributed by atoms with Crippen LogP contribution in [0.15, 0.2) is 23.6 Å². The summed E-state index contributed by atoms with van der Waals surface area (Å²) >= 11 is 0. The van der Waals surface area contributed by atoms with Crippen molar-refractivity contribution in [1.82, 2.24) is 5.32 Å². The Kier molecular flexibility index (Phi) is 4.99. The van der Waals surface area contributed by atoms with Crippen LogP contribution in [0.1, 0.15) is 0 Å². The maximum absolute atomic E-state index is 12.0. The van der Waals surface area contributed by atoms with E-state index in [0.717, 1.165) is 5.41 Å². The van der Waals surface area contributed by atoms with Crippen LogP contribution in [0, 0.1) is 0 Å². The van der Waals surface area contributed by atoms with Gasteiger partial charge in [0, 0.05) is 17.5 Å². The van der Waals surface area contributed by atoms with E-state index in [-0.39, 0.29) is 5.75 Å². The lowest BCUT2D eigenvalue weighted by Crippen LogP contribution is -2.38. The van der Waals surface area contributed by atoms with E-state index in [1.54, 1.807) is 12.1 Å². The van der Waals surface area contributed by atoms with E-state index in [1.807, 2.05) is 0 Å². The summed E-state index contributed by atoms with van der Waals surface area (Å²) in [7, 11) is 1.19. The summed E-state index contributed by atoms with van der Waals surface area (Å²) in [5, 5.41) is 6.25. The number of urea groups is 1. The second kappa shape index (κ2) is 6.78. The van der Waals surface area contributed by atoms with E-state index in [4.69, 9.17) is 14.2 Å². The molecule has 1 aromatic rings. The first kappa shape index (κ1) is 16.9. The van der Waals surface area contributed by atoms with Crippen molar-refractivity contribution in [2.45, 2.75) is 6.04 Å². The minimum absolute atomic E-state index is 0.143. The molecule has 2 amide bonds. The number of rotatable bonds is 5. The Morgan fingerprint density at radius 2 is 1.74 bits per heavy atom. The van der Waals surface area contributed by atoms with Crippen LogP contribution in [0.2, 0.25) is 0 Å². The van der Waals surface area contributed by atoms with Crippen molar-refractivity contribution in [1.29, 1.82) is 0 Å². The molecule has 0 bridgehead atoms. The molecule has 2 rings (SSSR count). The molecule has 1 aliphatic heterocycles. The van der Waals surface area contributed by atoms with Crippen molar-refractivity contribution in [3.63, 3.8) is 0 Å². The number of sulfone groups is 1. The highest BCUT2D eigenvalue weighted by Gasteiger charge is 2.23. The zero-order valence-corrected chi connectivity index (χ0v) is 13.8. The highest BCUT2D eigenvalue weighted by Crippen LogP contribution is 2.39. The Labute approximate surface area is 134 Å². The molecule has 0 radical (unpaired) electrons. The predicted octanol–water partition coefficient (Wildman–Crippen LogP) is 1.14. The first-order chi connectivity index (χ1) is 10.9. The molecule has 0 spiro atoms. The molecule has 1 aromatic carbocycles. The molecule has 0 aliphatic carbocycles. The topological polar surface area (TPSA) is 103 Å². The van der Waals surface area contributed by atoms with Gasteiger partial charge in [0.1, 0.15) is 0 Å². The molecule has 1 atom stereocenters. The van der Waals surface area contributed by atoms with Crippen LogP contribution in [0.5, 0.6) is 17.2 Å². The molecule has 0 saturated heterocycles. The molecule has 1 unspecified atom stereocenters. The Morgan fingerprint density at radius 3 is 2.17 bits per heavy atom. The third-order valence-corrected chi connectivity index (χ3v) is 4.56. The summed E-state index contributed by atoms with van der Waals surface area (Å²) < 4.78 is 38.2. The number of carbonyl (C=O) groups is 1. The number of carbonyl (C=O) groups excluding carboxylic acids is 1. The van der Waals surface area contributed by atoms with Crippen molar-refractivity contribution in [2.24, 2.45) is 0 Å². The maximum atomic E-state index is 12.0. The van der Waals surface area contributed by atoms with E-state index in [9.17, 15) is 13.2 Å². The lowest BCUT2D eigenvalue weighted by Gasteiger charge is -2.15. The van der Waals surface area contributed by atoms with E-state index >= 15 is 0 Å². The van der Waals surface area contributed by atoms with E-state index in [1.165, 1.54) is 27.4 Å². The number of hydrogen-bond donors (Lipinski definition) is 2. The minimum atomic E-state index is -3.22. The quantitative estimate of drug-likeness (QED) is 0.832. The van der Waals surface area contributed by atoms with Gasteiger partial charge in [0.05, 0.1) is 38.8 Å². The maximum Gasteiger partial charge on any atom is 0.319 e.